The third-order valence-electron chi connectivity index (χ3n) is 4.47. The predicted molar refractivity (Wildman–Crippen MR) is 126 cm³/mol. The zero-order valence-corrected chi connectivity index (χ0v) is 20.3. The van der Waals surface area contributed by atoms with Crippen molar-refractivity contribution in [1.82, 2.24) is 0 Å². The van der Waals surface area contributed by atoms with E-state index >= 15 is 8.78 Å². The van der Waals surface area contributed by atoms with Crippen molar-refractivity contribution in [1.29, 1.82) is 0 Å². The number of halogens is 3. The lowest BCUT2D eigenvalue weighted by molar-refractivity contribution is 0.0579. The van der Waals surface area contributed by atoms with Crippen molar-refractivity contribution in [3.63, 3.8) is 0 Å². The van der Waals surface area contributed by atoms with Crippen molar-refractivity contribution in [2.24, 2.45) is 0 Å². The van der Waals surface area contributed by atoms with Crippen LogP contribution in [0.2, 0.25) is 5.02 Å². The fourth-order valence-corrected chi connectivity index (χ4v) is 3.20. The molecule has 0 saturated carbocycles. The van der Waals surface area contributed by atoms with E-state index in [0.29, 0.717) is 0 Å². The molecule has 0 aliphatic rings. The van der Waals surface area contributed by atoms with Crippen LogP contribution in [0, 0.1) is 11.6 Å². The van der Waals surface area contributed by atoms with E-state index in [9.17, 15) is 19.5 Å². The third kappa shape index (κ3) is 5.93. The van der Waals surface area contributed by atoms with E-state index in [0.717, 1.165) is 6.07 Å². The molecule has 3 amide bonds. The topological polar surface area (TPSA) is 122 Å². The second kappa shape index (κ2) is 9.46. The van der Waals surface area contributed by atoms with Crippen LogP contribution < -0.4 is 16.0 Å². The van der Waals surface area contributed by atoms with E-state index in [2.05, 4.69) is 5.32 Å². The Kier molecular flexibility index (Phi) is 7.47. The first kappa shape index (κ1) is 26.8. The molecule has 0 heterocycles. The van der Waals surface area contributed by atoms with Crippen LogP contribution in [0.5, 0.6) is 0 Å². The molecule has 2 rings (SSSR count). The fourth-order valence-electron chi connectivity index (χ4n) is 3.00. The number of hydrogen-bond donors (Lipinski definition) is 3. The SMILES string of the molecule is CC(C)(C)OC(=O)N(C(=O)O)c1c(F)cc(C(C)(C)C)c(NC(=O)c2cc(N)ccc2Cl)c1F. The summed E-state index contributed by atoms with van der Waals surface area (Å²) >= 11 is 6.06. The summed E-state index contributed by atoms with van der Waals surface area (Å²) in [6.45, 7) is 9.27. The van der Waals surface area contributed by atoms with Crippen molar-refractivity contribution in [3.05, 3.63) is 52.0 Å². The van der Waals surface area contributed by atoms with Crippen LogP contribution in [0.3, 0.4) is 0 Å². The molecule has 0 aliphatic heterocycles. The first-order valence-corrected chi connectivity index (χ1v) is 10.5. The number of nitrogens with one attached hydrogen (secondary N) is 1. The quantitative estimate of drug-likeness (QED) is 0.436. The van der Waals surface area contributed by atoms with Crippen LogP contribution in [0.25, 0.3) is 0 Å². The Morgan fingerprint density at radius 1 is 1.09 bits per heavy atom. The maximum atomic E-state index is 15.8. The number of carbonyl (C=O) groups excluding carboxylic acids is 2. The molecular formula is C23H26ClF2N3O5. The van der Waals surface area contributed by atoms with Gasteiger partial charge in [0.15, 0.2) is 11.6 Å². The van der Waals surface area contributed by atoms with Crippen molar-refractivity contribution in [3.8, 4) is 0 Å². The molecule has 8 nitrogen and oxygen atoms in total. The molecule has 2 aromatic rings. The van der Waals surface area contributed by atoms with Gasteiger partial charge in [-0.3, -0.25) is 4.79 Å². The summed E-state index contributed by atoms with van der Waals surface area (Å²) in [4.78, 5) is 37.0. The number of nitrogen functional groups attached to an aromatic ring is 1. The number of benzene rings is 2. The highest BCUT2D eigenvalue weighted by Crippen LogP contribution is 2.39. The number of nitrogens with two attached hydrogens (primary N) is 1. The van der Waals surface area contributed by atoms with Gasteiger partial charge in [0.1, 0.15) is 11.3 Å². The number of nitrogens with zero attached hydrogens (tertiary/aromatic N) is 1. The molecule has 0 atom stereocenters. The van der Waals surface area contributed by atoms with E-state index in [1.54, 1.807) is 20.8 Å². The average Bonchev–Trinajstić information content (AvgIpc) is 2.66. The van der Waals surface area contributed by atoms with Crippen LogP contribution in [-0.4, -0.2) is 28.8 Å². The van der Waals surface area contributed by atoms with Gasteiger partial charge >= 0.3 is 12.2 Å². The lowest BCUT2D eigenvalue weighted by Crippen LogP contribution is -2.41. The van der Waals surface area contributed by atoms with E-state index in [1.807, 2.05) is 0 Å². The molecule has 0 saturated heterocycles. The number of anilines is 3. The van der Waals surface area contributed by atoms with Gasteiger partial charge < -0.3 is 20.9 Å². The maximum Gasteiger partial charge on any atom is 0.424 e. The summed E-state index contributed by atoms with van der Waals surface area (Å²) in [5.74, 6) is -3.69. The molecule has 4 N–H and O–H groups in total. The number of rotatable bonds is 3. The Bertz CT molecular complexity index is 1160. The number of hydrogen-bond acceptors (Lipinski definition) is 5. The summed E-state index contributed by atoms with van der Waals surface area (Å²) in [6.07, 6.45) is -3.50. The van der Waals surface area contributed by atoms with Gasteiger partial charge in [0, 0.05) is 5.69 Å². The second-order valence-corrected chi connectivity index (χ2v) is 9.89. The highest BCUT2D eigenvalue weighted by Gasteiger charge is 2.36. The molecule has 0 aromatic heterocycles. The summed E-state index contributed by atoms with van der Waals surface area (Å²) in [7, 11) is 0. The van der Waals surface area contributed by atoms with Crippen molar-refractivity contribution in [2.45, 2.75) is 52.6 Å². The molecule has 0 radical (unpaired) electrons. The summed E-state index contributed by atoms with van der Waals surface area (Å²) in [5.41, 5.74) is 2.04. The van der Waals surface area contributed by atoms with Crippen molar-refractivity contribution in [2.75, 3.05) is 16.0 Å². The minimum atomic E-state index is -1.98. The first-order valence-electron chi connectivity index (χ1n) is 10.1. The van der Waals surface area contributed by atoms with Gasteiger partial charge in [-0.1, -0.05) is 32.4 Å². The molecule has 0 aliphatic carbocycles. The van der Waals surface area contributed by atoms with Crippen LogP contribution in [0.15, 0.2) is 24.3 Å². The molecule has 0 unspecified atom stereocenters. The lowest BCUT2D eigenvalue weighted by Gasteiger charge is -2.28. The number of carbonyl (C=O) groups is 3. The number of ether oxygens (including phenoxy) is 1. The normalized spacial score (nSPS) is 11.7. The van der Waals surface area contributed by atoms with Crippen molar-refractivity contribution < 1.29 is 33.0 Å². The van der Waals surface area contributed by atoms with Gasteiger partial charge in [0.05, 0.1) is 16.3 Å². The van der Waals surface area contributed by atoms with E-state index < -0.39 is 52.1 Å². The van der Waals surface area contributed by atoms with Crippen LogP contribution in [0.4, 0.5) is 35.4 Å². The van der Waals surface area contributed by atoms with Gasteiger partial charge in [-0.25, -0.2) is 18.4 Å². The number of imide groups is 1. The summed E-state index contributed by atoms with van der Waals surface area (Å²) < 4.78 is 35.9. The molecule has 11 heteroatoms. The lowest BCUT2D eigenvalue weighted by atomic mass is 9.85. The van der Waals surface area contributed by atoms with Gasteiger partial charge in [-0.2, -0.15) is 4.90 Å². The van der Waals surface area contributed by atoms with Gasteiger partial charge in [-0.05, 0) is 56.0 Å². The Hall–Kier alpha value is -3.40. The maximum absolute atomic E-state index is 15.8. The van der Waals surface area contributed by atoms with Gasteiger partial charge in [0.2, 0.25) is 0 Å². The smallest absolute Gasteiger partial charge is 0.424 e. The van der Waals surface area contributed by atoms with E-state index in [1.165, 1.54) is 39.0 Å². The monoisotopic (exact) mass is 497 g/mol. The predicted octanol–water partition coefficient (Wildman–Crippen LogP) is 6.17. The zero-order valence-electron chi connectivity index (χ0n) is 19.5. The molecular weight excluding hydrogens is 472 g/mol. The number of amides is 3. The standard InChI is InChI=1S/C23H26ClF2N3O5/c1-22(2,3)13-10-15(25)18(29(20(31)32)21(33)34-23(4,5)6)16(26)17(13)28-19(30)12-9-11(27)7-8-14(12)24/h7-10H,27H2,1-6H3,(H,28,30)(H,31,32). The minimum absolute atomic E-state index is 0.00848. The summed E-state index contributed by atoms with van der Waals surface area (Å²) in [6, 6.07) is 4.95. The highest BCUT2D eigenvalue weighted by atomic mass is 35.5. The largest absolute Gasteiger partial charge is 0.464 e. The van der Waals surface area contributed by atoms with Crippen LogP contribution in [-0.2, 0) is 10.2 Å². The van der Waals surface area contributed by atoms with Crippen LogP contribution in [0.1, 0.15) is 57.5 Å². The fraction of sp³-hybridized carbons (Fsp3) is 0.348. The Balaban J connectivity index is 2.73. The molecule has 0 spiro atoms. The third-order valence-corrected chi connectivity index (χ3v) is 4.80. The van der Waals surface area contributed by atoms with E-state index in [-0.39, 0.29) is 26.7 Å². The average molecular weight is 498 g/mol. The Morgan fingerprint density at radius 3 is 2.18 bits per heavy atom. The molecule has 2 aromatic carbocycles. The molecule has 184 valence electrons. The molecule has 0 fully saturated rings. The number of carboxylic acid groups (broad SMARTS) is 1. The highest BCUT2D eigenvalue weighted by molar-refractivity contribution is 6.34. The zero-order chi connectivity index (χ0) is 26.2. The second-order valence-electron chi connectivity index (χ2n) is 9.49. The Labute approximate surface area is 200 Å². The Morgan fingerprint density at radius 2 is 1.68 bits per heavy atom. The van der Waals surface area contributed by atoms with Gasteiger partial charge in [0.25, 0.3) is 5.91 Å². The summed E-state index contributed by atoms with van der Waals surface area (Å²) in [5, 5.41) is 11.9. The van der Waals surface area contributed by atoms with Gasteiger partial charge in [-0.15, -0.1) is 0 Å². The van der Waals surface area contributed by atoms with Crippen LogP contribution >= 0.6 is 11.6 Å². The van der Waals surface area contributed by atoms with Crippen molar-refractivity contribution >= 4 is 46.8 Å². The molecule has 0 bridgehead atoms. The molecule has 34 heavy (non-hydrogen) atoms. The minimum Gasteiger partial charge on any atom is -0.464 e. The first-order chi connectivity index (χ1) is 15.4. The van der Waals surface area contributed by atoms with E-state index in [4.69, 9.17) is 22.1 Å².